The van der Waals surface area contributed by atoms with Crippen LogP contribution >= 0.6 is 0 Å². The van der Waals surface area contributed by atoms with Gasteiger partial charge in [-0.2, -0.15) is 5.26 Å². The van der Waals surface area contributed by atoms with Crippen molar-refractivity contribution < 1.29 is 9.53 Å². The summed E-state index contributed by atoms with van der Waals surface area (Å²) in [5, 5.41) is 8.80. The summed E-state index contributed by atoms with van der Waals surface area (Å²) in [6.07, 6.45) is 3.69. The smallest absolute Gasteiger partial charge is 0.260 e. The molecule has 0 fully saturated rings. The van der Waals surface area contributed by atoms with E-state index in [9.17, 15) is 4.79 Å². The maximum absolute atomic E-state index is 12.4. The summed E-state index contributed by atoms with van der Waals surface area (Å²) in [7, 11) is 0. The van der Waals surface area contributed by atoms with E-state index in [1.165, 1.54) is 5.56 Å². The lowest BCUT2D eigenvalue weighted by molar-refractivity contribution is -0.133. The first-order valence-corrected chi connectivity index (χ1v) is 7.84. The third kappa shape index (κ3) is 5.10. The highest BCUT2D eigenvalue weighted by Crippen LogP contribution is 2.16. The molecule has 0 aliphatic heterocycles. The lowest BCUT2D eigenvalue weighted by Crippen LogP contribution is -2.35. The van der Waals surface area contributed by atoms with E-state index in [0.717, 1.165) is 11.1 Å². The first kappa shape index (κ1) is 17.5. The fraction of sp³-hybridized carbons (Fsp3) is 0.316. The Bertz CT molecular complexity index is 723. The molecule has 124 valence electrons. The van der Waals surface area contributed by atoms with Crippen molar-refractivity contribution in [2.75, 3.05) is 13.2 Å². The SMILES string of the molecule is Cc1ccc(OCC(=O)N(CCC#N)Cc2cccnc2)cc1C. The highest BCUT2D eigenvalue weighted by Gasteiger charge is 2.15. The molecule has 1 amide bonds. The van der Waals surface area contributed by atoms with Crippen molar-refractivity contribution >= 4 is 5.91 Å². The van der Waals surface area contributed by atoms with E-state index in [1.54, 1.807) is 17.3 Å². The predicted molar refractivity (Wildman–Crippen MR) is 91.3 cm³/mol. The summed E-state index contributed by atoms with van der Waals surface area (Å²) in [6.45, 7) is 4.78. The molecule has 2 aromatic rings. The standard InChI is InChI=1S/C19H21N3O2/c1-15-6-7-18(11-16(15)2)24-14-19(23)22(10-4-8-20)13-17-5-3-9-21-12-17/h3,5-7,9,11-12H,4,10,13-14H2,1-2H3. The largest absolute Gasteiger partial charge is 0.484 e. The van der Waals surface area contributed by atoms with Crippen LogP contribution in [0.3, 0.4) is 0 Å². The molecule has 0 saturated carbocycles. The van der Waals surface area contributed by atoms with Crippen LogP contribution in [-0.4, -0.2) is 28.9 Å². The summed E-state index contributed by atoms with van der Waals surface area (Å²) >= 11 is 0. The zero-order valence-corrected chi connectivity index (χ0v) is 14.0. The number of hydrogen-bond donors (Lipinski definition) is 0. The maximum atomic E-state index is 12.4. The van der Waals surface area contributed by atoms with Crippen molar-refractivity contribution in [1.29, 1.82) is 5.26 Å². The second-order valence-electron chi connectivity index (χ2n) is 5.62. The molecule has 0 aliphatic carbocycles. The Labute approximate surface area is 142 Å². The van der Waals surface area contributed by atoms with Crippen LogP contribution in [0.25, 0.3) is 0 Å². The van der Waals surface area contributed by atoms with Gasteiger partial charge in [-0.15, -0.1) is 0 Å². The minimum Gasteiger partial charge on any atom is -0.484 e. The second-order valence-corrected chi connectivity index (χ2v) is 5.62. The van der Waals surface area contributed by atoms with Gasteiger partial charge in [-0.3, -0.25) is 9.78 Å². The predicted octanol–water partition coefficient (Wildman–Crippen LogP) is 3.02. The van der Waals surface area contributed by atoms with Crippen molar-refractivity contribution in [2.45, 2.75) is 26.8 Å². The van der Waals surface area contributed by atoms with E-state index >= 15 is 0 Å². The van der Waals surface area contributed by atoms with Gasteiger partial charge in [-0.05, 0) is 48.7 Å². The Morgan fingerprint density at radius 2 is 2.12 bits per heavy atom. The molecule has 0 N–H and O–H groups in total. The average molecular weight is 323 g/mol. The number of nitrogens with zero attached hydrogens (tertiary/aromatic N) is 3. The summed E-state index contributed by atoms with van der Waals surface area (Å²) < 4.78 is 5.61. The number of amides is 1. The zero-order chi connectivity index (χ0) is 17.4. The number of nitriles is 1. The second kappa shape index (κ2) is 8.68. The Hall–Kier alpha value is -2.87. The minimum atomic E-state index is -0.146. The van der Waals surface area contributed by atoms with Crippen LogP contribution in [0.2, 0.25) is 0 Å². The van der Waals surface area contributed by atoms with Crippen LogP contribution in [0.1, 0.15) is 23.1 Å². The number of carbonyl (C=O) groups excluding carboxylic acids is 1. The quantitative estimate of drug-likeness (QED) is 0.785. The van der Waals surface area contributed by atoms with E-state index in [2.05, 4.69) is 11.1 Å². The van der Waals surface area contributed by atoms with Crippen molar-refractivity contribution in [1.82, 2.24) is 9.88 Å². The van der Waals surface area contributed by atoms with Gasteiger partial charge in [0.1, 0.15) is 5.75 Å². The Morgan fingerprint density at radius 1 is 1.29 bits per heavy atom. The highest BCUT2D eigenvalue weighted by molar-refractivity contribution is 5.77. The minimum absolute atomic E-state index is 0.0474. The molecule has 1 aromatic carbocycles. The normalized spacial score (nSPS) is 10.0. The summed E-state index contributed by atoms with van der Waals surface area (Å²) in [6, 6.07) is 11.6. The molecule has 1 heterocycles. The van der Waals surface area contributed by atoms with Crippen LogP contribution < -0.4 is 4.74 Å². The summed E-state index contributed by atoms with van der Waals surface area (Å²) in [4.78, 5) is 18.1. The molecule has 24 heavy (non-hydrogen) atoms. The first-order chi connectivity index (χ1) is 11.6. The van der Waals surface area contributed by atoms with Crippen molar-refractivity contribution in [3.63, 3.8) is 0 Å². The molecule has 0 bridgehead atoms. The van der Waals surface area contributed by atoms with E-state index in [0.29, 0.717) is 18.8 Å². The Kier molecular flexibility index (Phi) is 6.32. The molecule has 0 spiro atoms. The lowest BCUT2D eigenvalue weighted by Gasteiger charge is -2.21. The van der Waals surface area contributed by atoms with Crippen LogP contribution in [0.15, 0.2) is 42.7 Å². The Balaban J connectivity index is 1.98. The van der Waals surface area contributed by atoms with Gasteiger partial charge in [0.05, 0.1) is 12.5 Å². The maximum Gasteiger partial charge on any atom is 0.260 e. The van der Waals surface area contributed by atoms with Gasteiger partial charge in [-0.25, -0.2) is 0 Å². The van der Waals surface area contributed by atoms with Crippen LogP contribution in [-0.2, 0) is 11.3 Å². The zero-order valence-electron chi connectivity index (χ0n) is 14.0. The van der Waals surface area contributed by atoms with Crippen molar-refractivity contribution in [3.8, 4) is 11.8 Å². The van der Waals surface area contributed by atoms with Gasteiger partial charge in [0.2, 0.25) is 0 Å². The van der Waals surface area contributed by atoms with Gasteiger partial charge < -0.3 is 9.64 Å². The summed E-state index contributed by atoms with van der Waals surface area (Å²) in [5.41, 5.74) is 3.23. The van der Waals surface area contributed by atoms with E-state index in [-0.39, 0.29) is 18.9 Å². The van der Waals surface area contributed by atoms with Crippen LogP contribution in [0.5, 0.6) is 5.75 Å². The van der Waals surface area contributed by atoms with Gasteiger partial charge in [0.15, 0.2) is 6.61 Å². The first-order valence-electron chi connectivity index (χ1n) is 7.84. The number of carbonyl (C=O) groups is 1. The van der Waals surface area contributed by atoms with Gasteiger partial charge in [0, 0.05) is 25.5 Å². The molecule has 1 aromatic heterocycles. The van der Waals surface area contributed by atoms with Crippen molar-refractivity contribution in [3.05, 3.63) is 59.4 Å². The number of rotatable bonds is 7. The monoisotopic (exact) mass is 323 g/mol. The van der Waals surface area contributed by atoms with Gasteiger partial charge in [-0.1, -0.05) is 12.1 Å². The van der Waals surface area contributed by atoms with Crippen LogP contribution in [0, 0.1) is 25.2 Å². The lowest BCUT2D eigenvalue weighted by atomic mass is 10.1. The Morgan fingerprint density at radius 3 is 2.79 bits per heavy atom. The number of benzene rings is 1. The molecule has 0 unspecified atom stereocenters. The number of aromatic nitrogens is 1. The average Bonchev–Trinajstić information content (AvgIpc) is 2.60. The molecular formula is C19H21N3O2. The molecule has 5 nitrogen and oxygen atoms in total. The number of aryl methyl sites for hydroxylation is 2. The number of pyridine rings is 1. The summed E-state index contributed by atoms with van der Waals surface area (Å²) in [5.74, 6) is 0.528. The van der Waals surface area contributed by atoms with E-state index < -0.39 is 0 Å². The van der Waals surface area contributed by atoms with Gasteiger partial charge in [0.25, 0.3) is 5.91 Å². The molecular weight excluding hydrogens is 302 g/mol. The molecule has 5 heteroatoms. The molecule has 2 rings (SSSR count). The fourth-order valence-corrected chi connectivity index (χ4v) is 2.23. The molecule has 0 radical (unpaired) electrons. The third-order valence-electron chi connectivity index (χ3n) is 3.78. The van der Waals surface area contributed by atoms with E-state index in [1.807, 2.05) is 44.2 Å². The third-order valence-corrected chi connectivity index (χ3v) is 3.78. The number of hydrogen-bond acceptors (Lipinski definition) is 4. The van der Waals surface area contributed by atoms with Crippen LogP contribution in [0.4, 0.5) is 0 Å². The molecule has 0 atom stereocenters. The highest BCUT2D eigenvalue weighted by atomic mass is 16.5. The molecule has 0 aliphatic rings. The van der Waals surface area contributed by atoms with Crippen molar-refractivity contribution in [2.24, 2.45) is 0 Å². The fourth-order valence-electron chi connectivity index (χ4n) is 2.23. The van der Waals surface area contributed by atoms with Gasteiger partial charge >= 0.3 is 0 Å². The van der Waals surface area contributed by atoms with E-state index in [4.69, 9.17) is 10.00 Å². The number of ether oxygens (including phenoxy) is 1. The topological polar surface area (TPSA) is 66.2 Å². The molecule has 0 saturated heterocycles.